The highest BCUT2D eigenvalue weighted by Crippen LogP contribution is 2.18. The molecule has 2 aromatic rings. The van der Waals surface area contributed by atoms with E-state index in [0.29, 0.717) is 0 Å². The van der Waals surface area contributed by atoms with Gasteiger partial charge in [0.05, 0.1) is 0 Å². The number of fused-ring (bicyclic) bond motifs is 1. The van der Waals surface area contributed by atoms with Crippen molar-refractivity contribution >= 4 is 11.5 Å². The molecular formula is C13H21N5. The quantitative estimate of drug-likeness (QED) is 0.839. The van der Waals surface area contributed by atoms with Gasteiger partial charge in [0.2, 0.25) is 0 Å². The summed E-state index contributed by atoms with van der Waals surface area (Å²) in [4.78, 5) is 6.62. The van der Waals surface area contributed by atoms with Crippen LogP contribution >= 0.6 is 0 Å². The fraction of sp³-hybridized carbons (Fsp3) is 0.538. The SMILES string of the molecule is CCCN(CCNC)c1cc(C)cc2ncnn12. The fourth-order valence-corrected chi connectivity index (χ4v) is 2.12. The molecule has 0 aliphatic rings. The second-order valence-electron chi connectivity index (χ2n) is 4.51. The van der Waals surface area contributed by atoms with Crippen molar-refractivity contribution in [1.29, 1.82) is 0 Å². The predicted molar refractivity (Wildman–Crippen MR) is 74.2 cm³/mol. The van der Waals surface area contributed by atoms with Gasteiger partial charge in [0.1, 0.15) is 12.1 Å². The summed E-state index contributed by atoms with van der Waals surface area (Å²) in [6, 6.07) is 4.23. The minimum absolute atomic E-state index is 0.913. The first kappa shape index (κ1) is 12.8. The van der Waals surface area contributed by atoms with Gasteiger partial charge in [-0.05, 0) is 38.1 Å². The van der Waals surface area contributed by atoms with Crippen molar-refractivity contribution in [3.05, 3.63) is 24.0 Å². The smallest absolute Gasteiger partial charge is 0.157 e. The van der Waals surface area contributed by atoms with Crippen LogP contribution in [0.1, 0.15) is 18.9 Å². The third kappa shape index (κ3) is 2.61. The molecule has 98 valence electrons. The maximum Gasteiger partial charge on any atom is 0.157 e. The Morgan fingerprint density at radius 3 is 2.89 bits per heavy atom. The lowest BCUT2D eigenvalue weighted by molar-refractivity contribution is 0.691. The van der Waals surface area contributed by atoms with Crippen molar-refractivity contribution < 1.29 is 0 Å². The van der Waals surface area contributed by atoms with Gasteiger partial charge in [-0.2, -0.15) is 9.61 Å². The molecule has 0 amide bonds. The highest BCUT2D eigenvalue weighted by atomic mass is 15.4. The number of hydrogen-bond acceptors (Lipinski definition) is 4. The molecule has 0 radical (unpaired) electrons. The summed E-state index contributed by atoms with van der Waals surface area (Å²) in [5.41, 5.74) is 2.13. The molecule has 0 aliphatic heterocycles. The van der Waals surface area contributed by atoms with Crippen molar-refractivity contribution in [2.45, 2.75) is 20.3 Å². The van der Waals surface area contributed by atoms with E-state index in [9.17, 15) is 0 Å². The van der Waals surface area contributed by atoms with E-state index in [0.717, 1.165) is 37.5 Å². The molecule has 2 heterocycles. The Labute approximate surface area is 108 Å². The number of anilines is 1. The van der Waals surface area contributed by atoms with Gasteiger partial charge in [0, 0.05) is 19.6 Å². The standard InChI is InChI=1S/C13H21N5/c1-4-6-17(7-5-14-3)13-9-11(2)8-12-15-10-16-18(12)13/h8-10,14H,4-7H2,1-3H3. The van der Waals surface area contributed by atoms with Gasteiger partial charge in [0.25, 0.3) is 0 Å². The van der Waals surface area contributed by atoms with Crippen LogP contribution in [0.25, 0.3) is 5.65 Å². The normalized spacial score (nSPS) is 11.1. The summed E-state index contributed by atoms with van der Waals surface area (Å²) >= 11 is 0. The van der Waals surface area contributed by atoms with Crippen molar-refractivity contribution in [1.82, 2.24) is 19.9 Å². The van der Waals surface area contributed by atoms with Crippen molar-refractivity contribution in [2.75, 3.05) is 31.6 Å². The summed E-state index contributed by atoms with van der Waals surface area (Å²) in [6.45, 7) is 7.26. The van der Waals surface area contributed by atoms with E-state index in [1.807, 2.05) is 11.6 Å². The fourth-order valence-electron chi connectivity index (χ4n) is 2.12. The van der Waals surface area contributed by atoms with E-state index in [-0.39, 0.29) is 0 Å². The van der Waals surface area contributed by atoms with Crippen LogP contribution in [0.3, 0.4) is 0 Å². The van der Waals surface area contributed by atoms with Crippen LogP contribution in [0.4, 0.5) is 5.82 Å². The number of hydrogen-bond donors (Lipinski definition) is 1. The highest BCUT2D eigenvalue weighted by Gasteiger charge is 2.11. The van der Waals surface area contributed by atoms with Gasteiger partial charge < -0.3 is 10.2 Å². The largest absolute Gasteiger partial charge is 0.355 e. The van der Waals surface area contributed by atoms with E-state index in [4.69, 9.17) is 0 Å². The van der Waals surface area contributed by atoms with Crippen LogP contribution in [-0.4, -0.2) is 41.3 Å². The van der Waals surface area contributed by atoms with E-state index < -0.39 is 0 Å². The van der Waals surface area contributed by atoms with Gasteiger partial charge >= 0.3 is 0 Å². The molecule has 0 aromatic carbocycles. The zero-order chi connectivity index (χ0) is 13.0. The molecule has 1 N–H and O–H groups in total. The minimum atomic E-state index is 0.913. The minimum Gasteiger partial charge on any atom is -0.355 e. The van der Waals surface area contributed by atoms with Gasteiger partial charge in [-0.3, -0.25) is 0 Å². The molecular weight excluding hydrogens is 226 g/mol. The van der Waals surface area contributed by atoms with Crippen LogP contribution in [0.15, 0.2) is 18.5 Å². The van der Waals surface area contributed by atoms with Gasteiger partial charge in [-0.25, -0.2) is 4.98 Å². The second-order valence-corrected chi connectivity index (χ2v) is 4.51. The maximum absolute atomic E-state index is 4.31. The van der Waals surface area contributed by atoms with Crippen LogP contribution in [0.2, 0.25) is 0 Å². The Kier molecular flexibility index (Phi) is 4.15. The number of rotatable bonds is 6. The lowest BCUT2D eigenvalue weighted by atomic mass is 10.2. The first-order valence-electron chi connectivity index (χ1n) is 6.46. The summed E-state index contributed by atoms with van der Waals surface area (Å²) in [5, 5.41) is 7.51. The van der Waals surface area contributed by atoms with Gasteiger partial charge in [0.15, 0.2) is 5.65 Å². The predicted octanol–water partition coefficient (Wildman–Crippen LogP) is 1.47. The Bertz CT molecular complexity index is 505. The topological polar surface area (TPSA) is 45.5 Å². The molecule has 0 fully saturated rings. The number of nitrogens with zero attached hydrogens (tertiary/aromatic N) is 4. The third-order valence-corrected chi connectivity index (χ3v) is 2.95. The molecule has 0 unspecified atom stereocenters. The van der Waals surface area contributed by atoms with E-state index in [2.05, 4.69) is 46.3 Å². The summed E-state index contributed by atoms with van der Waals surface area (Å²) in [5.74, 6) is 1.12. The Balaban J connectivity index is 2.38. The highest BCUT2D eigenvalue weighted by molar-refractivity contribution is 5.52. The average Bonchev–Trinajstić information content (AvgIpc) is 2.81. The number of nitrogens with one attached hydrogen (secondary N) is 1. The number of aryl methyl sites for hydroxylation is 1. The van der Waals surface area contributed by atoms with Crippen LogP contribution in [0, 0.1) is 6.92 Å². The zero-order valence-corrected chi connectivity index (χ0v) is 11.3. The molecule has 0 aliphatic carbocycles. The molecule has 2 rings (SSSR count). The average molecular weight is 247 g/mol. The molecule has 0 spiro atoms. The number of likely N-dealkylation sites (N-methyl/N-ethyl adjacent to an activating group) is 1. The summed E-state index contributed by atoms with van der Waals surface area (Å²) in [7, 11) is 1.98. The molecule has 5 nitrogen and oxygen atoms in total. The first-order valence-corrected chi connectivity index (χ1v) is 6.46. The van der Waals surface area contributed by atoms with E-state index in [1.165, 1.54) is 5.56 Å². The van der Waals surface area contributed by atoms with Crippen molar-refractivity contribution in [3.8, 4) is 0 Å². The lowest BCUT2D eigenvalue weighted by Crippen LogP contribution is -2.33. The molecule has 0 atom stereocenters. The van der Waals surface area contributed by atoms with Crippen molar-refractivity contribution in [3.63, 3.8) is 0 Å². The lowest BCUT2D eigenvalue weighted by Gasteiger charge is -2.24. The molecule has 18 heavy (non-hydrogen) atoms. The Morgan fingerprint density at radius 2 is 2.17 bits per heavy atom. The number of aromatic nitrogens is 3. The van der Waals surface area contributed by atoms with Crippen LogP contribution < -0.4 is 10.2 Å². The molecule has 5 heteroatoms. The van der Waals surface area contributed by atoms with Gasteiger partial charge in [-0.1, -0.05) is 6.92 Å². The van der Waals surface area contributed by atoms with E-state index >= 15 is 0 Å². The van der Waals surface area contributed by atoms with E-state index in [1.54, 1.807) is 6.33 Å². The second kappa shape index (κ2) is 5.82. The Morgan fingerprint density at radius 1 is 1.33 bits per heavy atom. The summed E-state index contributed by atoms with van der Waals surface area (Å²) < 4.78 is 1.92. The molecule has 0 saturated carbocycles. The summed E-state index contributed by atoms with van der Waals surface area (Å²) in [6.07, 6.45) is 2.73. The monoisotopic (exact) mass is 247 g/mol. The zero-order valence-electron chi connectivity index (χ0n) is 11.3. The molecule has 2 aromatic heterocycles. The third-order valence-electron chi connectivity index (χ3n) is 2.95. The van der Waals surface area contributed by atoms with Crippen LogP contribution in [-0.2, 0) is 0 Å². The molecule has 0 saturated heterocycles. The van der Waals surface area contributed by atoms with Crippen molar-refractivity contribution in [2.24, 2.45) is 0 Å². The molecule has 0 bridgehead atoms. The maximum atomic E-state index is 4.31. The first-order chi connectivity index (χ1) is 8.76. The Hall–Kier alpha value is -1.62. The number of pyridine rings is 1. The van der Waals surface area contributed by atoms with Crippen LogP contribution in [0.5, 0.6) is 0 Å². The van der Waals surface area contributed by atoms with Gasteiger partial charge in [-0.15, -0.1) is 0 Å².